The molecule has 1 aromatic carbocycles. The van der Waals surface area contributed by atoms with Crippen LogP contribution in [0.1, 0.15) is 62.5 Å². The Hall–Kier alpha value is -2.36. The number of aromatic nitrogens is 2. The minimum Gasteiger partial charge on any atom is -0.434 e. The molecular weight excluding hydrogens is 505 g/mol. The maximum Gasteiger partial charge on any atom is 0.394 e. The molecule has 1 fully saturated rings. The summed E-state index contributed by atoms with van der Waals surface area (Å²) in [6.45, 7) is 1.54. The first-order valence-electron chi connectivity index (χ1n) is 11.8. The van der Waals surface area contributed by atoms with Gasteiger partial charge in [0.2, 0.25) is 0 Å². The number of benzene rings is 1. The smallest absolute Gasteiger partial charge is 0.394 e. The number of rotatable bonds is 8. The Morgan fingerprint density at radius 1 is 1.22 bits per heavy atom. The first-order valence-corrected chi connectivity index (χ1v) is 12.2. The Labute approximate surface area is 212 Å². The number of nitrogens with one attached hydrogen (secondary N) is 1. The molecule has 0 unspecified atom stereocenters. The Morgan fingerprint density at radius 2 is 1.86 bits per heavy atom. The maximum atomic E-state index is 13.3. The summed E-state index contributed by atoms with van der Waals surface area (Å²) in [7, 11) is 1.49. The zero-order chi connectivity index (χ0) is 26.8. The summed E-state index contributed by atoms with van der Waals surface area (Å²) < 4.78 is 72.3. The third kappa shape index (κ3) is 6.49. The number of ether oxygens (including phenoxy) is 1. The average Bonchev–Trinajstić information content (AvgIpc) is 3.06. The van der Waals surface area contributed by atoms with Crippen molar-refractivity contribution in [1.29, 1.82) is 0 Å². The SMILES string of the molecule is CC1CCC(CNC(=O)c2nn(C)c(-c3ccc(CC(C)(C)C(F)(F)F)cc3OC(F)F)c2Cl)CC1. The van der Waals surface area contributed by atoms with Gasteiger partial charge in [-0.1, -0.05) is 51.3 Å². The van der Waals surface area contributed by atoms with Gasteiger partial charge in [0.1, 0.15) is 5.75 Å². The molecule has 1 aromatic heterocycles. The lowest BCUT2D eigenvalue weighted by molar-refractivity contribution is -0.211. The van der Waals surface area contributed by atoms with E-state index >= 15 is 0 Å². The molecule has 3 rings (SSSR count). The van der Waals surface area contributed by atoms with Crippen LogP contribution in [0.25, 0.3) is 11.3 Å². The lowest BCUT2D eigenvalue weighted by Crippen LogP contribution is -2.34. The van der Waals surface area contributed by atoms with Crippen molar-refractivity contribution in [2.45, 2.75) is 65.7 Å². The number of amides is 1. The van der Waals surface area contributed by atoms with E-state index in [1.807, 2.05) is 0 Å². The van der Waals surface area contributed by atoms with Crippen LogP contribution in [0, 0.1) is 17.3 Å². The van der Waals surface area contributed by atoms with Gasteiger partial charge in [-0.15, -0.1) is 0 Å². The fourth-order valence-corrected chi connectivity index (χ4v) is 4.81. The van der Waals surface area contributed by atoms with Crippen LogP contribution < -0.4 is 10.1 Å². The van der Waals surface area contributed by atoms with Crippen LogP contribution in [0.5, 0.6) is 5.75 Å². The molecular formula is C25H31ClF5N3O2. The van der Waals surface area contributed by atoms with E-state index in [1.54, 1.807) is 0 Å². The molecule has 200 valence electrons. The second-order valence-electron chi connectivity index (χ2n) is 10.2. The van der Waals surface area contributed by atoms with Crippen molar-refractivity contribution in [3.8, 4) is 17.0 Å². The van der Waals surface area contributed by atoms with E-state index in [4.69, 9.17) is 11.6 Å². The van der Waals surface area contributed by atoms with E-state index in [1.165, 1.54) is 23.9 Å². The number of carbonyl (C=O) groups is 1. The van der Waals surface area contributed by atoms with Crippen molar-refractivity contribution >= 4 is 17.5 Å². The van der Waals surface area contributed by atoms with Gasteiger partial charge in [-0.05, 0) is 48.8 Å². The monoisotopic (exact) mass is 535 g/mol. The van der Waals surface area contributed by atoms with E-state index in [0.29, 0.717) is 18.4 Å². The van der Waals surface area contributed by atoms with Crippen LogP contribution in [0.3, 0.4) is 0 Å². The molecule has 1 saturated carbocycles. The topological polar surface area (TPSA) is 56.2 Å². The second kappa shape index (κ2) is 10.9. The number of alkyl halides is 5. The van der Waals surface area contributed by atoms with E-state index in [-0.39, 0.29) is 33.3 Å². The Kier molecular flexibility index (Phi) is 8.58. The van der Waals surface area contributed by atoms with E-state index < -0.39 is 30.5 Å². The number of hydrogen-bond donors (Lipinski definition) is 1. The predicted octanol–water partition coefficient (Wildman–Crippen LogP) is 7.03. The minimum atomic E-state index is -4.49. The standard InChI is InChI=1S/C25H31ClF5N3O2/c1-14-5-7-15(8-6-14)13-32-22(35)20-19(26)21(34(4)33-20)17-10-9-16(11-18(17)36-23(27)28)12-24(2,3)25(29,30)31/h9-11,14-15,23H,5-8,12-13H2,1-4H3,(H,32,35). The normalized spacial score (nSPS) is 19.0. The minimum absolute atomic E-state index is 0.0604. The zero-order valence-electron chi connectivity index (χ0n) is 20.7. The van der Waals surface area contributed by atoms with Crippen LogP contribution >= 0.6 is 11.6 Å². The molecule has 1 heterocycles. The van der Waals surface area contributed by atoms with E-state index in [0.717, 1.165) is 45.6 Å². The third-order valence-electron chi connectivity index (χ3n) is 6.82. The maximum absolute atomic E-state index is 13.3. The highest BCUT2D eigenvalue weighted by Gasteiger charge is 2.47. The van der Waals surface area contributed by atoms with Crippen molar-refractivity contribution in [2.24, 2.45) is 24.3 Å². The highest BCUT2D eigenvalue weighted by molar-refractivity contribution is 6.36. The quantitative estimate of drug-likeness (QED) is 0.369. The zero-order valence-corrected chi connectivity index (χ0v) is 21.4. The van der Waals surface area contributed by atoms with E-state index in [2.05, 4.69) is 22.1 Å². The van der Waals surface area contributed by atoms with Gasteiger partial charge < -0.3 is 10.1 Å². The van der Waals surface area contributed by atoms with Crippen molar-refractivity contribution in [3.05, 3.63) is 34.5 Å². The lowest BCUT2D eigenvalue weighted by atomic mass is 9.83. The van der Waals surface area contributed by atoms with Gasteiger partial charge in [0, 0.05) is 19.2 Å². The highest BCUT2D eigenvalue weighted by Crippen LogP contribution is 2.42. The fourth-order valence-electron chi connectivity index (χ4n) is 4.47. The molecule has 0 atom stereocenters. The molecule has 1 amide bonds. The average molecular weight is 536 g/mol. The van der Waals surface area contributed by atoms with Gasteiger partial charge >= 0.3 is 12.8 Å². The second-order valence-corrected chi connectivity index (χ2v) is 10.6. The summed E-state index contributed by atoms with van der Waals surface area (Å²) in [4.78, 5) is 12.8. The van der Waals surface area contributed by atoms with E-state index in [9.17, 15) is 26.7 Å². The van der Waals surface area contributed by atoms with Crippen molar-refractivity contribution < 1.29 is 31.5 Å². The van der Waals surface area contributed by atoms with Crippen molar-refractivity contribution in [3.63, 3.8) is 0 Å². The van der Waals surface area contributed by atoms with Crippen LogP contribution in [0.2, 0.25) is 5.02 Å². The number of aryl methyl sites for hydroxylation is 1. The predicted molar refractivity (Wildman–Crippen MR) is 127 cm³/mol. The molecule has 0 spiro atoms. The molecule has 11 heteroatoms. The first kappa shape index (κ1) is 28.2. The summed E-state index contributed by atoms with van der Waals surface area (Å²) >= 11 is 6.48. The molecule has 36 heavy (non-hydrogen) atoms. The third-order valence-corrected chi connectivity index (χ3v) is 7.18. The molecule has 1 aliphatic carbocycles. The van der Waals surface area contributed by atoms with Gasteiger partial charge in [-0.2, -0.15) is 27.1 Å². The molecule has 0 radical (unpaired) electrons. The highest BCUT2D eigenvalue weighted by atomic mass is 35.5. The van der Waals surface area contributed by atoms with Crippen molar-refractivity contribution in [2.75, 3.05) is 6.54 Å². The molecule has 0 saturated heterocycles. The summed E-state index contributed by atoms with van der Waals surface area (Å²) in [5.74, 6) is 0.209. The largest absolute Gasteiger partial charge is 0.434 e. The van der Waals surface area contributed by atoms with Gasteiger partial charge in [-0.25, -0.2) is 0 Å². The number of hydrogen-bond acceptors (Lipinski definition) is 3. The Morgan fingerprint density at radius 3 is 2.44 bits per heavy atom. The summed E-state index contributed by atoms with van der Waals surface area (Å²) in [6.07, 6.45) is -0.666. The van der Waals surface area contributed by atoms with Crippen LogP contribution in [-0.2, 0) is 13.5 Å². The number of nitrogens with zero attached hydrogens (tertiary/aromatic N) is 2. The van der Waals surface area contributed by atoms with Gasteiger partial charge in [0.25, 0.3) is 5.91 Å². The molecule has 1 aliphatic rings. The number of halogens is 6. The fraction of sp³-hybridized carbons (Fsp3) is 0.600. The van der Waals surface area contributed by atoms with Crippen molar-refractivity contribution in [1.82, 2.24) is 15.1 Å². The first-order chi connectivity index (χ1) is 16.7. The molecule has 1 N–H and O–H groups in total. The molecule has 5 nitrogen and oxygen atoms in total. The lowest BCUT2D eigenvalue weighted by Gasteiger charge is -2.28. The van der Waals surface area contributed by atoms with Gasteiger partial charge in [0.15, 0.2) is 5.69 Å². The Bertz CT molecular complexity index is 1080. The van der Waals surface area contributed by atoms with Gasteiger partial charge in [-0.3, -0.25) is 9.48 Å². The summed E-state index contributed by atoms with van der Waals surface area (Å²) in [6, 6.07) is 3.89. The molecule has 2 aromatic rings. The molecule has 0 aliphatic heterocycles. The van der Waals surface area contributed by atoms with Crippen LogP contribution in [-0.4, -0.2) is 35.0 Å². The summed E-state index contributed by atoms with van der Waals surface area (Å²) in [5.41, 5.74) is -1.75. The van der Waals surface area contributed by atoms with Gasteiger partial charge in [0.05, 0.1) is 16.1 Å². The summed E-state index contributed by atoms with van der Waals surface area (Å²) in [5, 5.41) is 6.97. The van der Waals surface area contributed by atoms with Crippen LogP contribution in [0.15, 0.2) is 18.2 Å². The number of carbonyl (C=O) groups excluding carboxylic acids is 1. The van der Waals surface area contributed by atoms with Crippen LogP contribution in [0.4, 0.5) is 22.0 Å². The Balaban J connectivity index is 1.87. The molecule has 0 bridgehead atoms.